The fraction of sp³-hybridized carbons (Fsp3) is 0.450. The summed E-state index contributed by atoms with van der Waals surface area (Å²) in [6, 6.07) is 5.89. The molecule has 1 aromatic carbocycles. The van der Waals surface area contributed by atoms with E-state index in [-0.39, 0.29) is 43.0 Å². The Morgan fingerprint density at radius 2 is 1.76 bits per heavy atom. The van der Waals surface area contributed by atoms with E-state index < -0.39 is 29.3 Å². The lowest BCUT2D eigenvalue weighted by Gasteiger charge is -2.36. The Morgan fingerprint density at radius 1 is 1.07 bits per heavy atom. The zero-order chi connectivity index (χ0) is 20.6. The number of halogens is 3. The summed E-state index contributed by atoms with van der Waals surface area (Å²) < 4.78 is 46.7. The van der Waals surface area contributed by atoms with E-state index in [4.69, 9.17) is 4.74 Å². The molecule has 2 fully saturated rings. The van der Waals surface area contributed by atoms with E-state index >= 15 is 0 Å². The van der Waals surface area contributed by atoms with Gasteiger partial charge in [0.25, 0.3) is 11.8 Å². The number of pyridine rings is 1. The highest BCUT2D eigenvalue weighted by Crippen LogP contribution is 2.37. The molecule has 6 nitrogen and oxygen atoms in total. The van der Waals surface area contributed by atoms with Crippen LogP contribution >= 0.6 is 0 Å². The number of piperazine rings is 1. The average Bonchev–Trinajstić information content (AvgIpc) is 3.26. The third kappa shape index (κ3) is 3.78. The molecule has 2 saturated heterocycles. The number of rotatable bonds is 2. The Balaban J connectivity index is 1.55. The minimum atomic E-state index is -4.69. The van der Waals surface area contributed by atoms with E-state index in [2.05, 4.69) is 4.98 Å². The van der Waals surface area contributed by atoms with Gasteiger partial charge in [-0.1, -0.05) is 18.2 Å². The normalized spacial score (nSPS) is 20.3. The molecule has 1 aromatic heterocycles. The predicted molar refractivity (Wildman–Crippen MR) is 98.2 cm³/mol. The van der Waals surface area contributed by atoms with E-state index in [0.29, 0.717) is 13.0 Å². The van der Waals surface area contributed by atoms with Crippen molar-refractivity contribution < 1.29 is 27.5 Å². The number of benzene rings is 1. The molecule has 2 aliphatic heterocycles. The van der Waals surface area contributed by atoms with Crippen LogP contribution in [0.3, 0.4) is 0 Å². The molecular formula is C20H20F3N3O3. The average molecular weight is 407 g/mol. The zero-order valence-electron chi connectivity index (χ0n) is 15.6. The Kier molecular flexibility index (Phi) is 5.16. The summed E-state index contributed by atoms with van der Waals surface area (Å²) >= 11 is 0. The van der Waals surface area contributed by atoms with Crippen LogP contribution in [0, 0.1) is 0 Å². The molecule has 2 amide bonds. The number of ether oxygens (including phenoxy) is 1. The highest BCUT2D eigenvalue weighted by atomic mass is 19.4. The minimum absolute atomic E-state index is 0.0990. The molecule has 1 unspecified atom stereocenters. The van der Waals surface area contributed by atoms with Gasteiger partial charge in [-0.15, -0.1) is 0 Å². The molecule has 4 rings (SSSR count). The number of carbonyl (C=O) groups excluding carboxylic acids is 2. The van der Waals surface area contributed by atoms with E-state index in [1.54, 1.807) is 11.0 Å². The summed E-state index contributed by atoms with van der Waals surface area (Å²) in [5, 5.41) is -0.0990. The van der Waals surface area contributed by atoms with Gasteiger partial charge < -0.3 is 14.5 Å². The highest BCUT2D eigenvalue weighted by molar-refractivity contribution is 6.00. The number of fused-ring (bicyclic) bond motifs is 1. The maximum Gasteiger partial charge on any atom is 0.417 e. The van der Waals surface area contributed by atoms with Crippen LogP contribution in [0.5, 0.6) is 0 Å². The summed E-state index contributed by atoms with van der Waals surface area (Å²) in [4.78, 5) is 32.3. The number of hydrogen-bond donors (Lipinski definition) is 0. The number of alkyl halides is 3. The van der Waals surface area contributed by atoms with Crippen LogP contribution in [0.1, 0.15) is 28.8 Å². The quantitative estimate of drug-likeness (QED) is 0.768. The van der Waals surface area contributed by atoms with Gasteiger partial charge in [0.05, 0.1) is 16.6 Å². The topological polar surface area (TPSA) is 62.7 Å². The van der Waals surface area contributed by atoms with Gasteiger partial charge in [-0.25, -0.2) is 0 Å². The number of carbonyl (C=O) groups is 2. The molecule has 2 aliphatic rings. The Hall–Kier alpha value is -2.68. The van der Waals surface area contributed by atoms with Crippen LogP contribution in [0.25, 0.3) is 10.9 Å². The lowest BCUT2D eigenvalue weighted by Crippen LogP contribution is -2.53. The second-order valence-corrected chi connectivity index (χ2v) is 7.18. The third-order valence-electron chi connectivity index (χ3n) is 5.37. The van der Waals surface area contributed by atoms with E-state index in [0.717, 1.165) is 12.6 Å². The van der Waals surface area contributed by atoms with Crippen molar-refractivity contribution in [1.29, 1.82) is 0 Å². The summed E-state index contributed by atoms with van der Waals surface area (Å²) in [6.07, 6.45) is -2.62. The fourth-order valence-corrected chi connectivity index (χ4v) is 3.89. The van der Waals surface area contributed by atoms with Crippen LogP contribution in [0.15, 0.2) is 30.5 Å². The van der Waals surface area contributed by atoms with Crippen LogP contribution in [0.2, 0.25) is 0 Å². The van der Waals surface area contributed by atoms with Crippen LogP contribution in [-0.2, 0) is 15.7 Å². The molecule has 29 heavy (non-hydrogen) atoms. The molecule has 0 aliphatic carbocycles. The first-order valence-electron chi connectivity index (χ1n) is 9.51. The first-order valence-corrected chi connectivity index (χ1v) is 9.51. The summed E-state index contributed by atoms with van der Waals surface area (Å²) in [5.41, 5.74) is -1.25. The monoisotopic (exact) mass is 407 g/mol. The second-order valence-electron chi connectivity index (χ2n) is 7.18. The highest BCUT2D eigenvalue weighted by Gasteiger charge is 2.39. The van der Waals surface area contributed by atoms with Crippen molar-refractivity contribution in [3.63, 3.8) is 0 Å². The summed E-state index contributed by atoms with van der Waals surface area (Å²) in [5.74, 6) is -0.835. The predicted octanol–water partition coefficient (Wildman–Crippen LogP) is 2.72. The van der Waals surface area contributed by atoms with E-state index in [1.807, 2.05) is 0 Å². The van der Waals surface area contributed by atoms with Crippen LogP contribution in [0.4, 0.5) is 13.2 Å². The number of nitrogens with zero attached hydrogens (tertiary/aromatic N) is 3. The van der Waals surface area contributed by atoms with Crippen LogP contribution in [-0.4, -0.2) is 65.5 Å². The van der Waals surface area contributed by atoms with Crippen molar-refractivity contribution in [3.8, 4) is 0 Å². The number of hydrogen-bond acceptors (Lipinski definition) is 4. The maximum absolute atomic E-state index is 13.8. The molecule has 1 atom stereocenters. The second kappa shape index (κ2) is 7.62. The number of para-hydroxylation sites is 1. The van der Waals surface area contributed by atoms with Gasteiger partial charge in [-0.3, -0.25) is 14.6 Å². The van der Waals surface area contributed by atoms with Crippen molar-refractivity contribution in [3.05, 3.63) is 41.6 Å². The van der Waals surface area contributed by atoms with Crippen LogP contribution < -0.4 is 0 Å². The third-order valence-corrected chi connectivity index (χ3v) is 5.37. The lowest BCUT2D eigenvalue weighted by molar-refractivity contribution is -0.142. The lowest BCUT2D eigenvalue weighted by atomic mass is 10.0. The van der Waals surface area contributed by atoms with E-state index in [1.165, 1.54) is 23.1 Å². The van der Waals surface area contributed by atoms with Gasteiger partial charge in [-0.2, -0.15) is 13.2 Å². The Labute approximate surface area is 165 Å². The molecule has 3 heterocycles. The maximum atomic E-state index is 13.8. The van der Waals surface area contributed by atoms with Gasteiger partial charge in [0, 0.05) is 44.4 Å². The first-order chi connectivity index (χ1) is 13.9. The molecule has 0 bridgehead atoms. The summed E-state index contributed by atoms with van der Waals surface area (Å²) in [7, 11) is 0. The number of amides is 2. The largest absolute Gasteiger partial charge is 0.417 e. The Morgan fingerprint density at radius 3 is 2.41 bits per heavy atom. The Bertz CT molecular complexity index is 933. The summed E-state index contributed by atoms with van der Waals surface area (Å²) in [6.45, 7) is 1.44. The standard InChI is InChI=1S/C20H20F3N3O3/c21-20(22,23)17-13-4-1-2-5-15(13)24-12-14(17)18(27)25-7-9-26(10-8-25)19(28)16-6-3-11-29-16/h1-2,4-5,12,16H,3,6-11H2. The molecular weight excluding hydrogens is 387 g/mol. The van der Waals surface area contributed by atoms with Crippen molar-refractivity contribution in [1.82, 2.24) is 14.8 Å². The van der Waals surface area contributed by atoms with Gasteiger partial charge in [-0.05, 0) is 18.9 Å². The van der Waals surface area contributed by atoms with Gasteiger partial charge in [0.2, 0.25) is 0 Å². The number of aromatic nitrogens is 1. The van der Waals surface area contributed by atoms with E-state index in [9.17, 15) is 22.8 Å². The molecule has 0 N–H and O–H groups in total. The van der Waals surface area contributed by atoms with Gasteiger partial charge in [0.1, 0.15) is 6.10 Å². The minimum Gasteiger partial charge on any atom is -0.368 e. The molecule has 154 valence electrons. The van der Waals surface area contributed by atoms with Crippen molar-refractivity contribution in [2.24, 2.45) is 0 Å². The fourth-order valence-electron chi connectivity index (χ4n) is 3.89. The molecule has 0 saturated carbocycles. The van der Waals surface area contributed by atoms with Crippen molar-refractivity contribution in [2.75, 3.05) is 32.8 Å². The van der Waals surface area contributed by atoms with Gasteiger partial charge in [0.15, 0.2) is 0 Å². The molecule has 0 spiro atoms. The van der Waals surface area contributed by atoms with Crippen molar-refractivity contribution >= 4 is 22.7 Å². The first kappa shape index (κ1) is 19.6. The SMILES string of the molecule is O=C(c1cnc2ccccc2c1C(F)(F)F)N1CCN(C(=O)C2CCCO2)CC1. The molecule has 2 aromatic rings. The zero-order valence-corrected chi connectivity index (χ0v) is 15.6. The van der Waals surface area contributed by atoms with Crippen molar-refractivity contribution in [2.45, 2.75) is 25.1 Å². The smallest absolute Gasteiger partial charge is 0.368 e. The molecule has 0 radical (unpaired) electrons. The van der Waals surface area contributed by atoms with Gasteiger partial charge >= 0.3 is 6.18 Å². The molecule has 9 heteroatoms.